The molecule has 90 valence electrons. The molecule has 3 heterocycles. The van der Waals surface area contributed by atoms with Crippen molar-refractivity contribution in [1.82, 2.24) is 14.4 Å². The fourth-order valence-corrected chi connectivity index (χ4v) is 2.60. The predicted octanol–water partition coefficient (Wildman–Crippen LogP) is 2.46. The van der Waals surface area contributed by atoms with Gasteiger partial charge in [-0.2, -0.15) is 0 Å². The van der Waals surface area contributed by atoms with E-state index in [9.17, 15) is 4.79 Å². The van der Waals surface area contributed by atoms with E-state index in [0.29, 0.717) is 16.4 Å². The first-order valence-corrected chi connectivity index (χ1v) is 6.11. The molecule has 0 aliphatic carbocycles. The van der Waals surface area contributed by atoms with Gasteiger partial charge in [0.25, 0.3) is 0 Å². The van der Waals surface area contributed by atoms with Crippen LogP contribution in [-0.2, 0) is 0 Å². The lowest BCUT2D eigenvalue weighted by molar-refractivity contribution is 0.0701. The van der Waals surface area contributed by atoms with Crippen molar-refractivity contribution in [2.75, 3.05) is 0 Å². The van der Waals surface area contributed by atoms with Crippen molar-refractivity contribution in [3.63, 3.8) is 0 Å². The molecule has 3 aromatic heterocycles. The topological polar surface area (TPSA) is 67.5 Å². The summed E-state index contributed by atoms with van der Waals surface area (Å²) in [5.74, 6) is -0.944. The normalized spacial score (nSPS) is 10.9. The smallest absolute Gasteiger partial charge is 0.347 e. The minimum atomic E-state index is -0.944. The van der Waals surface area contributed by atoms with Crippen LogP contribution in [0.2, 0.25) is 0 Å². The predicted molar refractivity (Wildman–Crippen MR) is 68.0 cm³/mol. The molecule has 0 spiro atoms. The first kappa shape index (κ1) is 10.9. The van der Waals surface area contributed by atoms with Gasteiger partial charge in [0.2, 0.25) is 0 Å². The third kappa shape index (κ3) is 1.67. The van der Waals surface area contributed by atoms with E-state index in [4.69, 9.17) is 5.11 Å². The number of aromatic carboxylic acids is 1. The third-order valence-corrected chi connectivity index (χ3v) is 3.74. The number of carboxylic acids is 1. The molecular weight excluding hydrogens is 250 g/mol. The molecule has 1 N–H and O–H groups in total. The number of aryl methyl sites for hydroxylation is 1. The van der Waals surface area contributed by atoms with Crippen molar-refractivity contribution in [3.05, 3.63) is 41.2 Å². The average molecular weight is 259 g/mol. The van der Waals surface area contributed by atoms with Crippen LogP contribution < -0.4 is 0 Å². The molecule has 0 saturated carbocycles. The zero-order valence-electron chi connectivity index (χ0n) is 9.49. The van der Waals surface area contributed by atoms with Crippen LogP contribution >= 0.6 is 11.3 Å². The Balaban J connectivity index is 2.14. The van der Waals surface area contributed by atoms with Gasteiger partial charge in [-0.05, 0) is 19.1 Å². The molecule has 0 bridgehead atoms. The van der Waals surface area contributed by atoms with Gasteiger partial charge in [-0.1, -0.05) is 6.07 Å². The van der Waals surface area contributed by atoms with Crippen LogP contribution in [0.5, 0.6) is 0 Å². The molecule has 0 radical (unpaired) electrons. The fourth-order valence-electron chi connectivity index (χ4n) is 1.74. The van der Waals surface area contributed by atoms with Crippen molar-refractivity contribution in [2.24, 2.45) is 0 Å². The van der Waals surface area contributed by atoms with E-state index in [1.165, 1.54) is 0 Å². The standard InChI is InChI=1S/C12H9N3O2S/c1-7-10(12(16)17)18-11(13-7)8-6-15-5-3-2-4-9(15)14-8/h2-6H,1H3,(H,16,17). The lowest BCUT2D eigenvalue weighted by Gasteiger charge is -1.86. The number of carboxylic acid groups (broad SMARTS) is 1. The molecule has 0 unspecified atom stereocenters. The van der Waals surface area contributed by atoms with Crippen LogP contribution in [0.15, 0.2) is 30.6 Å². The lowest BCUT2D eigenvalue weighted by Crippen LogP contribution is -1.94. The van der Waals surface area contributed by atoms with Gasteiger partial charge in [0, 0.05) is 12.4 Å². The lowest BCUT2D eigenvalue weighted by atomic mass is 10.4. The van der Waals surface area contributed by atoms with Crippen LogP contribution in [0.3, 0.4) is 0 Å². The van der Waals surface area contributed by atoms with E-state index in [1.54, 1.807) is 6.92 Å². The highest BCUT2D eigenvalue weighted by atomic mass is 32.1. The Hall–Kier alpha value is -2.21. The van der Waals surface area contributed by atoms with Crippen LogP contribution in [0.1, 0.15) is 15.4 Å². The third-order valence-electron chi connectivity index (χ3n) is 2.57. The molecule has 0 aliphatic heterocycles. The maximum atomic E-state index is 11.0. The number of hydrogen-bond donors (Lipinski definition) is 1. The summed E-state index contributed by atoms with van der Waals surface area (Å²) >= 11 is 1.15. The molecule has 0 aliphatic rings. The zero-order chi connectivity index (χ0) is 12.7. The fraction of sp³-hybridized carbons (Fsp3) is 0.0833. The molecule has 18 heavy (non-hydrogen) atoms. The summed E-state index contributed by atoms with van der Waals surface area (Å²) < 4.78 is 1.88. The number of rotatable bonds is 2. The number of hydrogen-bond acceptors (Lipinski definition) is 4. The van der Waals surface area contributed by atoms with Crippen molar-refractivity contribution in [3.8, 4) is 10.7 Å². The first-order chi connectivity index (χ1) is 8.65. The molecule has 6 heteroatoms. The van der Waals surface area contributed by atoms with E-state index >= 15 is 0 Å². The van der Waals surface area contributed by atoms with Gasteiger partial charge in [0.05, 0.1) is 5.69 Å². The quantitative estimate of drug-likeness (QED) is 0.767. The molecule has 0 aromatic carbocycles. The van der Waals surface area contributed by atoms with E-state index in [-0.39, 0.29) is 4.88 Å². The number of thiazole rings is 1. The van der Waals surface area contributed by atoms with Gasteiger partial charge in [0.15, 0.2) is 0 Å². The largest absolute Gasteiger partial charge is 0.477 e. The van der Waals surface area contributed by atoms with Crippen LogP contribution in [0.25, 0.3) is 16.3 Å². The number of imidazole rings is 1. The Kier molecular flexibility index (Phi) is 2.38. The summed E-state index contributed by atoms with van der Waals surface area (Å²) in [7, 11) is 0. The number of pyridine rings is 1. The highest BCUT2D eigenvalue weighted by Gasteiger charge is 2.16. The highest BCUT2D eigenvalue weighted by molar-refractivity contribution is 7.17. The Morgan fingerprint density at radius 2 is 2.22 bits per heavy atom. The molecule has 3 aromatic rings. The van der Waals surface area contributed by atoms with E-state index in [1.807, 2.05) is 35.0 Å². The zero-order valence-corrected chi connectivity index (χ0v) is 10.3. The van der Waals surface area contributed by atoms with Crippen LogP contribution in [0.4, 0.5) is 0 Å². The molecule has 0 amide bonds. The van der Waals surface area contributed by atoms with E-state index < -0.39 is 5.97 Å². The SMILES string of the molecule is Cc1nc(-c2cn3ccccc3n2)sc1C(=O)O. The maximum Gasteiger partial charge on any atom is 0.347 e. The molecule has 3 rings (SSSR count). The second-order valence-corrected chi connectivity index (χ2v) is 4.83. The summed E-state index contributed by atoms with van der Waals surface area (Å²) in [4.78, 5) is 19.9. The summed E-state index contributed by atoms with van der Waals surface area (Å²) in [5, 5.41) is 9.64. The number of carbonyl (C=O) groups is 1. The Bertz CT molecular complexity index is 712. The van der Waals surface area contributed by atoms with Crippen LogP contribution in [0, 0.1) is 6.92 Å². The van der Waals surface area contributed by atoms with Gasteiger partial charge < -0.3 is 9.51 Å². The molecular formula is C12H9N3O2S. The molecule has 0 saturated heterocycles. The Morgan fingerprint density at radius 3 is 2.89 bits per heavy atom. The maximum absolute atomic E-state index is 11.0. The number of fused-ring (bicyclic) bond motifs is 1. The summed E-state index contributed by atoms with van der Waals surface area (Å²) in [6.45, 7) is 1.69. The highest BCUT2D eigenvalue weighted by Crippen LogP contribution is 2.27. The number of aromatic nitrogens is 3. The second-order valence-electron chi connectivity index (χ2n) is 3.83. The summed E-state index contributed by atoms with van der Waals surface area (Å²) in [5.41, 5.74) is 2.04. The van der Waals surface area contributed by atoms with Gasteiger partial charge in [-0.3, -0.25) is 0 Å². The van der Waals surface area contributed by atoms with Crippen molar-refractivity contribution in [2.45, 2.75) is 6.92 Å². The van der Waals surface area contributed by atoms with Gasteiger partial charge in [-0.25, -0.2) is 14.8 Å². The van der Waals surface area contributed by atoms with Crippen LogP contribution in [-0.4, -0.2) is 25.4 Å². The minimum absolute atomic E-state index is 0.266. The van der Waals surface area contributed by atoms with Crippen molar-refractivity contribution >= 4 is 23.0 Å². The van der Waals surface area contributed by atoms with Crippen molar-refractivity contribution < 1.29 is 9.90 Å². The first-order valence-electron chi connectivity index (χ1n) is 5.30. The van der Waals surface area contributed by atoms with Crippen molar-refractivity contribution in [1.29, 1.82) is 0 Å². The average Bonchev–Trinajstić information content (AvgIpc) is 2.91. The monoisotopic (exact) mass is 259 g/mol. The van der Waals surface area contributed by atoms with E-state index in [0.717, 1.165) is 17.0 Å². The van der Waals surface area contributed by atoms with Gasteiger partial charge in [-0.15, -0.1) is 11.3 Å². The van der Waals surface area contributed by atoms with E-state index in [2.05, 4.69) is 9.97 Å². The minimum Gasteiger partial charge on any atom is -0.477 e. The molecule has 5 nitrogen and oxygen atoms in total. The van der Waals surface area contributed by atoms with Gasteiger partial charge in [0.1, 0.15) is 21.2 Å². The summed E-state index contributed by atoms with van der Waals surface area (Å²) in [6, 6.07) is 5.71. The summed E-state index contributed by atoms with van der Waals surface area (Å²) in [6.07, 6.45) is 3.74. The Labute approximate surface area is 106 Å². The van der Waals surface area contributed by atoms with Gasteiger partial charge >= 0.3 is 5.97 Å². The number of nitrogens with zero attached hydrogens (tertiary/aromatic N) is 3. The second kappa shape index (κ2) is 3.92. The Morgan fingerprint density at radius 1 is 1.39 bits per heavy atom. The molecule has 0 atom stereocenters. The molecule has 0 fully saturated rings.